The minimum absolute atomic E-state index is 0.737. The molecule has 7 rings (SSSR count). The van der Waals surface area contributed by atoms with Crippen LogP contribution in [0.25, 0.3) is 66.3 Å². The highest BCUT2D eigenvalue weighted by molar-refractivity contribution is 6.28. The molecule has 0 fully saturated rings. The van der Waals surface area contributed by atoms with Gasteiger partial charge in [-0.25, -0.2) is 0 Å². The maximum Gasteiger partial charge on any atom is 0.0558 e. The number of hydrogen-bond acceptors (Lipinski definition) is 2. The fourth-order valence-corrected chi connectivity index (χ4v) is 5.88. The highest BCUT2D eigenvalue weighted by Crippen LogP contribution is 2.52. The summed E-state index contributed by atoms with van der Waals surface area (Å²) in [4.78, 5) is 3.82. The predicted molar refractivity (Wildman–Crippen MR) is 166 cm³/mol. The van der Waals surface area contributed by atoms with Crippen LogP contribution >= 0.6 is 0 Å². The van der Waals surface area contributed by atoms with Crippen molar-refractivity contribution in [1.82, 2.24) is 4.98 Å². The Hall–Kier alpha value is -5.28. The van der Waals surface area contributed by atoms with Crippen LogP contribution in [0.4, 0.5) is 11.4 Å². The van der Waals surface area contributed by atoms with E-state index in [4.69, 9.17) is 11.5 Å². The van der Waals surface area contributed by atoms with E-state index in [2.05, 4.69) is 108 Å². The fraction of sp³-hybridized carbons (Fsp3) is 0. The third-order valence-corrected chi connectivity index (χ3v) is 7.54. The molecule has 0 aliphatic rings. The number of aromatic amines is 1. The van der Waals surface area contributed by atoms with Crippen LogP contribution in [0.5, 0.6) is 0 Å². The number of anilines is 2. The highest BCUT2D eigenvalue weighted by Gasteiger charge is 2.26. The van der Waals surface area contributed by atoms with E-state index in [1.54, 1.807) is 0 Å². The standard InChI is InChI=1S/C36H27N3/c37-27-21-22-28-33(29(27)23-13-5-1-6-14-23)34-31(25-17-9-3-10-18-25)35(38)30(24-15-7-2-8-16-24)32(36(34)39-28)26-19-11-4-12-20-26/h1-22,39H,37-38H2. The van der Waals surface area contributed by atoms with Gasteiger partial charge in [0.05, 0.1) is 5.52 Å². The molecule has 5 N–H and O–H groups in total. The number of hydrogen-bond donors (Lipinski definition) is 3. The van der Waals surface area contributed by atoms with E-state index < -0.39 is 0 Å². The van der Waals surface area contributed by atoms with Gasteiger partial charge in [0.15, 0.2) is 0 Å². The van der Waals surface area contributed by atoms with E-state index in [9.17, 15) is 0 Å². The Bertz CT molecular complexity index is 1940. The number of benzene rings is 6. The molecule has 0 aliphatic carbocycles. The molecule has 0 aliphatic heterocycles. The molecule has 0 unspecified atom stereocenters. The van der Waals surface area contributed by atoms with Crippen molar-refractivity contribution in [2.75, 3.05) is 11.5 Å². The van der Waals surface area contributed by atoms with E-state index in [0.717, 1.165) is 77.7 Å². The normalized spacial score (nSPS) is 11.3. The topological polar surface area (TPSA) is 67.8 Å². The maximum atomic E-state index is 7.28. The lowest BCUT2D eigenvalue weighted by molar-refractivity contribution is 1.52. The molecule has 0 spiro atoms. The number of nitrogen functional groups attached to an aromatic ring is 2. The van der Waals surface area contributed by atoms with Gasteiger partial charge in [-0.05, 0) is 34.4 Å². The zero-order valence-electron chi connectivity index (χ0n) is 21.4. The third kappa shape index (κ3) is 3.67. The van der Waals surface area contributed by atoms with Gasteiger partial charge in [0.1, 0.15) is 0 Å². The molecular formula is C36H27N3. The van der Waals surface area contributed by atoms with Gasteiger partial charge >= 0.3 is 0 Å². The maximum absolute atomic E-state index is 7.28. The van der Waals surface area contributed by atoms with Crippen molar-refractivity contribution in [2.24, 2.45) is 0 Å². The molecule has 7 aromatic rings. The quantitative estimate of drug-likeness (QED) is 0.210. The Labute approximate surface area is 227 Å². The predicted octanol–water partition coefficient (Wildman–Crippen LogP) is 9.15. The van der Waals surface area contributed by atoms with Crippen LogP contribution in [0.2, 0.25) is 0 Å². The van der Waals surface area contributed by atoms with Gasteiger partial charge in [-0.2, -0.15) is 0 Å². The zero-order chi connectivity index (χ0) is 26.3. The second kappa shape index (κ2) is 9.23. The minimum Gasteiger partial charge on any atom is -0.398 e. The number of aromatic nitrogens is 1. The summed E-state index contributed by atoms with van der Waals surface area (Å²) in [5.74, 6) is 0. The van der Waals surface area contributed by atoms with Gasteiger partial charge in [0, 0.05) is 49.9 Å². The van der Waals surface area contributed by atoms with Gasteiger partial charge in [-0.3, -0.25) is 0 Å². The molecule has 0 saturated heterocycles. The largest absolute Gasteiger partial charge is 0.398 e. The summed E-state index contributed by atoms with van der Waals surface area (Å²) in [7, 11) is 0. The van der Waals surface area contributed by atoms with Crippen LogP contribution in [-0.2, 0) is 0 Å². The Morgan fingerprint density at radius 3 is 1.33 bits per heavy atom. The Morgan fingerprint density at radius 2 is 0.821 bits per heavy atom. The van der Waals surface area contributed by atoms with Gasteiger partial charge in [0.2, 0.25) is 0 Å². The fourth-order valence-electron chi connectivity index (χ4n) is 5.88. The van der Waals surface area contributed by atoms with Crippen molar-refractivity contribution in [3.8, 4) is 44.5 Å². The van der Waals surface area contributed by atoms with Crippen LogP contribution in [0.1, 0.15) is 0 Å². The van der Waals surface area contributed by atoms with Crippen LogP contribution in [-0.4, -0.2) is 4.98 Å². The number of nitrogens with one attached hydrogen (secondary N) is 1. The molecule has 0 saturated carbocycles. The molecule has 1 aromatic heterocycles. The monoisotopic (exact) mass is 501 g/mol. The molecule has 0 amide bonds. The Morgan fingerprint density at radius 1 is 0.385 bits per heavy atom. The molecule has 6 aromatic carbocycles. The summed E-state index contributed by atoms with van der Waals surface area (Å²) >= 11 is 0. The van der Waals surface area contributed by atoms with Crippen LogP contribution in [0.15, 0.2) is 133 Å². The van der Waals surface area contributed by atoms with Crippen molar-refractivity contribution in [2.45, 2.75) is 0 Å². The average molecular weight is 502 g/mol. The molecule has 186 valence electrons. The lowest BCUT2D eigenvalue weighted by Crippen LogP contribution is -1.99. The Balaban J connectivity index is 1.76. The molecule has 3 heteroatoms. The Kier molecular flexibility index (Phi) is 5.42. The number of fused-ring (bicyclic) bond motifs is 3. The number of nitrogens with two attached hydrogens (primary N) is 2. The first-order valence-corrected chi connectivity index (χ1v) is 13.1. The van der Waals surface area contributed by atoms with Crippen LogP contribution in [0, 0.1) is 0 Å². The summed E-state index contributed by atoms with van der Waals surface area (Å²) < 4.78 is 0. The molecule has 3 nitrogen and oxygen atoms in total. The molecule has 0 radical (unpaired) electrons. The second-order valence-electron chi connectivity index (χ2n) is 9.83. The SMILES string of the molecule is Nc1ccc2[nH]c3c(-c4ccccc4)c(-c4ccccc4)c(N)c(-c4ccccc4)c3c2c1-c1ccccc1. The summed E-state index contributed by atoms with van der Waals surface area (Å²) in [6, 6.07) is 45.8. The van der Waals surface area contributed by atoms with Crippen LogP contribution < -0.4 is 11.5 Å². The van der Waals surface area contributed by atoms with E-state index in [1.165, 1.54) is 0 Å². The first-order chi connectivity index (χ1) is 19.2. The zero-order valence-corrected chi connectivity index (χ0v) is 21.4. The third-order valence-electron chi connectivity index (χ3n) is 7.54. The average Bonchev–Trinajstić information content (AvgIpc) is 3.37. The number of H-pyrrole nitrogens is 1. The summed E-state index contributed by atoms with van der Waals surface area (Å²) in [6.07, 6.45) is 0. The first-order valence-electron chi connectivity index (χ1n) is 13.1. The van der Waals surface area contributed by atoms with E-state index in [-0.39, 0.29) is 0 Å². The molecule has 0 atom stereocenters. The smallest absolute Gasteiger partial charge is 0.0558 e. The molecule has 1 heterocycles. The van der Waals surface area contributed by atoms with Crippen molar-refractivity contribution in [1.29, 1.82) is 0 Å². The van der Waals surface area contributed by atoms with Gasteiger partial charge in [-0.15, -0.1) is 0 Å². The van der Waals surface area contributed by atoms with E-state index in [0.29, 0.717) is 0 Å². The lowest BCUT2D eigenvalue weighted by Gasteiger charge is -2.20. The number of rotatable bonds is 4. The van der Waals surface area contributed by atoms with Gasteiger partial charge < -0.3 is 16.5 Å². The molecular weight excluding hydrogens is 474 g/mol. The van der Waals surface area contributed by atoms with Crippen molar-refractivity contribution < 1.29 is 0 Å². The summed E-state index contributed by atoms with van der Waals surface area (Å²) in [5.41, 5.74) is 26.0. The summed E-state index contributed by atoms with van der Waals surface area (Å²) in [5, 5.41) is 2.16. The first kappa shape index (κ1) is 22.9. The van der Waals surface area contributed by atoms with Crippen molar-refractivity contribution >= 4 is 33.2 Å². The summed E-state index contributed by atoms with van der Waals surface area (Å²) in [6.45, 7) is 0. The highest BCUT2D eigenvalue weighted by atomic mass is 14.7. The molecule has 0 bridgehead atoms. The van der Waals surface area contributed by atoms with Gasteiger partial charge in [0.25, 0.3) is 0 Å². The molecule has 39 heavy (non-hydrogen) atoms. The lowest BCUT2D eigenvalue weighted by atomic mass is 9.84. The second-order valence-corrected chi connectivity index (χ2v) is 9.83. The van der Waals surface area contributed by atoms with E-state index in [1.807, 2.05) is 30.3 Å². The minimum atomic E-state index is 0.737. The van der Waals surface area contributed by atoms with Crippen molar-refractivity contribution in [3.63, 3.8) is 0 Å². The van der Waals surface area contributed by atoms with Crippen molar-refractivity contribution in [3.05, 3.63) is 133 Å². The van der Waals surface area contributed by atoms with Crippen LogP contribution in [0.3, 0.4) is 0 Å². The van der Waals surface area contributed by atoms with Gasteiger partial charge in [-0.1, -0.05) is 121 Å². The van der Waals surface area contributed by atoms with E-state index >= 15 is 0 Å².